The van der Waals surface area contributed by atoms with Crippen molar-refractivity contribution in [2.75, 3.05) is 11.9 Å². The van der Waals surface area contributed by atoms with Gasteiger partial charge in [0, 0.05) is 22.0 Å². The fraction of sp³-hybridized carbons (Fsp3) is 0.0909. The Morgan fingerprint density at radius 1 is 1.03 bits per heavy atom. The first-order chi connectivity index (χ1) is 14.4. The van der Waals surface area contributed by atoms with E-state index < -0.39 is 23.4 Å². The molecule has 1 heterocycles. The topological polar surface area (TPSA) is 112 Å². The Kier molecular flexibility index (Phi) is 4.89. The Labute approximate surface area is 170 Å². The molecule has 30 heavy (non-hydrogen) atoms. The average Bonchev–Trinajstić information content (AvgIpc) is 3.09. The van der Waals surface area contributed by atoms with Crippen molar-refractivity contribution in [1.82, 2.24) is 0 Å². The van der Waals surface area contributed by atoms with Gasteiger partial charge in [-0.25, -0.2) is 4.79 Å². The Morgan fingerprint density at radius 2 is 1.80 bits per heavy atom. The van der Waals surface area contributed by atoms with E-state index in [0.29, 0.717) is 16.8 Å². The molecule has 0 saturated heterocycles. The lowest BCUT2D eigenvalue weighted by Crippen LogP contribution is -2.21. The number of fused-ring (bicyclic) bond motifs is 3. The fourth-order valence-corrected chi connectivity index (χ4v) is 3.28. The van der Waals surface area contributed by atoms with Crippen molar-refractivity contribution in [3.63, 3.8) is 0 Å². The SMILES string of the molecule is Cc1cccc(C(=O)OCC(=O)Nc2ccc3oc4ccccc4c3c2)c1[N+](=O)[O-]. The van der Waals surface area contributed by atoms with E-state index in [1.165, 1.54) is 25.1 Å². The number of carbonyl (C=O) groups is 2. The Hall–Kier alpha value is -4.20. The van der Waals surface area contributed by atoms with Gasteiger partial charge in [0.15, 0.2) is 6.61 Å². The van der Waals surface area contributed by atoms with Gasteiger partial charge in [-0.3, -0.25) is 14.9 Å². The van der Waals surface area contributed by atoms with E-state index in [-0.39, 0.29) is 11.3 Å². The van der Waals surface area contributed by atoms with Crippen LogP contribution in [-0.4, -0.2) is 23.4 Å². The molecule has 4 aromatic rings. The maximum Gasteiger partial charge on any atom is 0.345 e. The molecule has 0 aliphatic heterocycles. The average molecular weight is 404 g/mol. The maximum atomic E-state index is 12.2. The van der Waals surface area contributed by atoms with Crippen LogP contribution in [0.15, 0.2) is 65.1 Å². The number of esters is 1. The van der Waals surface area contributed by atoms with Crippen LogP contribution in [0.25, 0.3) is 21.9 Å². The van der Waals surface area contributed by atoms with Crippen LogP contribution in [-0.2, 0) is 9.53 Å². The van der Waals surface area contributed by atoms with Gasteiger partial charge in [-0.05, 0) is 37.3 Å². The van der Waals surface area contributed by atoms with Gasteiger partial charge in [0.1, 0.15) is 16.7 Å². The molecule has 0 atom stereocenters. The van der Waals surface area contributed by atoms with E-state index in [2.05, 4.69) is 5.32 Å². The molecule has 150 valence electrons. The molecule has 0 aliphatic carbocycles. The first-order valence-corrected chi connectivity index (χ1v) is 9.06. The van der Waals surface area contributed by atoms with Gasteiger partial charge in [0.25, 0.3) is 11.6 Å². The monoisotopic (exact) mass is 404 g/mol. The van der Waals surface area contributed by atoms with Crippen LogP contribution in [0, 0.1) is 17.0 Å². The van der Waals surface area contributed by atoms with Gasteiger partial charge in [-0.2, -0.15) is 0 Å². The van der Waals surface area contributed by atoms with Crippen molar-refractivity contribution >= 4 is 45.2 Å². The summed E-state index contributed by atoms with van der Waals surface area (Å²) < 4.78 is 10.7. The van der Waals surface area contributed by atoms with Crippen LogP contribution in [0.4, 0.5) is 11.4 Å². The largest absolute Gasteiger partial charge is 0.456 e. The molecule has 1 aromatic heterocycles. The zero-order valence-electron chi connectivity index (χ0n) is 15.9. The first-order valence-electron chi connectivity index (χ1n) is 9.06. The zero-order valence-corrected chi connectivity index (χ0v) is 15.9. The molecule has 0 aliphatic rings. The highest BCUT2D eigenvalue weighted by atomic mass is 16.6. The molecule has 0 radical (unpaired) electrons. The predicted octanol–water partition coefficient (Wildman–Crippen LogP) is 4.60. The zero-order chi connectivity index (χ0) is 21.3. The molecular formula is C22H16N2O6. The number of benzene rings is 3. The maximum absolute atomic E-state index is 12.2. The minimum absolute atomic E-state index is 0.195. The number of aryl methyl sites for hydroxylation is 1. The summed E-state index contributed by atoms with van der Waals surface area (Å²) >= 11 is 0. The number of nitro benzene ring substituents is 1. The standard InChI is InChI=1S/C22H16N2O6/c1-13-5-4-7-16(21(13)24(27)28)22(26)29-12-20(25)23-14-9-10-19-17(11-14)15-6-2-3-8-18(15)30-19/h2-11H,12H2,1H3,(H,23,25). The second kappa shape index (κ2) is 7.67. The molecule has 8 nitrogen and oxygen atoms in total. The number of rotatable bonds is 5. The van der Waals surface area contributed by atoms with Crippen LogP contribution < -0.4 is 5.32 Å². The van der Waals surface area contributed by atoms with Crippen LogP contribution in [0.3, 0.4) is 0 Å². The summed E-state index contributed by atoms with van der Waals surface area (Å²) in [5.74, 6) is -1.50. The van der Waals surface area contributed by atoms with Gasteiger partial charge in [0.2, 0.25) is 0 Å². The third kappa shape index (κ3) is 3.58. The molecule has 0 unspecified atom stereocenters. The predicted molar refractivity (Wildman–Crippen MR) is 110 cm³/mol. The highest BCUT2D eigenvalue weighted by Gasteiger charge is 2.24. The third-order valence-electron chi connectivity index (χ3n) is 4.64. The van der Waals surface area contributed by atoms with Crippen molar-refractivity contribution in [1.29, 1.82) is 0 Å². The van der Waals surface area contributed by atoms with E-state index in [0.717, 1.165) is 16.4 Å². The summed E-state index contributed by atoms with van der Waals surface area (Å²) in [5.41, 5.74) is 1.74. The third-order valence-corrected chi connectivity index (χ3v) is 4.64. The summed E-state index contributed by atoms with van der Waals surface area (Å²) in [6.07, 6.45) is 0. The number of nitrogens with zero attached hydrogens (tertiary/aromatic N) is 1. The molecule has 1 N–H and O–H groups in total. The Balaban J connectivity index is 1.47. The molecule has 1 amide bonds. The summed E-state index contributed by atoms with van der Waals surface area (Å²) in [6, 6.07) is 17.1. The number of nitro groups is 1. The second-order valence-corrected chi connectivity index (χ2v) is 6.66. The van der Waals surface area contributed by atoms with Crippen molar-refractivity contribution < 1.29 is 23.7 Å². The number of furan rings is 1. The van der Waals surface area contributed by atoms with Gasteiger partial charge in [-0.15, -0.1) is 0 Å². The number of hydrogen-bond donors (Lipinski definition) is 1. The lowest BCUT2D eigenvalue weighted by Gasteiger charge is -2.08. The van der Waals surface area contributed by atoms with Crippen LogP contribution in [0.2, 0.25) is 0 Å². The number of nitrogens with one attached hydrogen (secondary N) is 1. The molecule has 0 fully saturated rings. The van der Waals surface area contributed by atoms with Crippen molar-refractivity contribution in [2.45, 2.75) is 6.92 Å². The van der Waals surface area contributed by atoms with Crippen molar-refractivity contribution in [2.24, 2.45) is 0 Å². The lowest BCUT2D eigenvalue weighted by molar-refractivity contribution is -0.385. The number of anilines is 1. The summed E-state index contributed by atoms with van der Waals surface area (Å²) in [6.45, 7) is 0.950. The number of carbonyl (C=O) groups excluding carboxylic acids is 2. The van der Waals surface area contributed by atoms with Crippen LogP contribution in [0.1, 0.15) is 15.9 Å². The lowest BCUT2D eigenvalue weighted by atomic mass is 10.1. The second-order valence-electron chi connectivity index (χ2n) is 6.66. The minimum Gasteiger partial charge on any atom is -0.456 e. The first kappa shape index (κ1) is 19.1. The summed E-state index contributed by atoms with van der Waals surface area (Å²) in [5, 5.41) is 15.6. The Morgan fingerprint density at radius 3 is 2.60 bits per heavy atom. The molecule has 8 heteroatoms. The normalized spacial score (nSPS) is 10.8. The molecule has 3 aromatic carbocycles. The number of ether oxygens (including phenoxy) is 1. The molecule has 0 saturated carbocycles. The van der Waals surface area contributed by atoms with Crippen molar-refractivity contribution in [3.05, 3.63) is 81.9 Å². The van der Waals surface area contributed by atoms with Crippen LogP contribution >= 0.6 is 0 Å². The van der Waals surface area contributed by atoms with E-state index in [1.807, 2.05) is 24.3 Å². The Bertz CT molecular complexity index is 1310. The number of amides is 1. The smallest absolute Gasteiger partial charge is 0.345 e. The van der Waals surface area contributed by atoms with Gasteiger partial charge >= 0.3 is 5.97 Å². The molecule has 0 spiro atoms. The summed E-state index contributed by atoms with van der Waals surface area (Å²) in [4.78, 5) is 35.0. The molecule has 4 rings (SSSR count). The van der Waals surface area contributed by atoms with Crippen LogP contribution in [0.5, 0.6) is 0 Å². The van der Waals surface area contributed by atoms with E-state index in [1.54, 1.807) is 18.2 Å². The fourth-order valence-electron chi connectivity index (χ4n) is 3.28. The highest BCUT2D eigenvalue weighted by molar-refractivity contribution is 6.07. The van der Waals surface area contributed by atoms with E-state index in [4.69, 9.17) is 9.15 Å². The number of para-hydroxylation sites is 2. The van der Waals surface area contributed by atoms with Crippen molar-refractivity contribution in [3.8, 4) is 0 Å². The quantitative estimate of drug-likeness (QED) is 0.296. The van der Waals surface area contributed by atoms with Gasteiger partial charge in [0.05, 0.1) is 4.92 Å². The summed E-state index contributed by atoms with van der Waals surface area (Å²) in [7, 11) is 0. The van der Waals surface area contributed by atoms with E-state index in [9.17, 15) is 19.7 Å². The highest BCUT2D eigenvalue weighted by Crippen LogP contribution is 2.30. The van der Waals surface area contributed by atoms with Gasteiger partial charge < -0.3 is 14.5 Å². The minimum atomic E-state index is -0.933. The van der Waals surface area contributed by atoms with E-state index >= 15 is 0 Å². The van der Waals surface area contributed by atoms with Gasteiger partial charge in [-0.1, -0.05) is 30.3 Å². The molecular weight excluding hydrogens is 388 g/mol. The number of hydrogen-bond acceptors (Lipinski definition) is 6. The molecule has 0 bridgehead atoms.